The molecule has 0 radical (unpaired) electrons. The molecule has 1 aliphatic heterocycles. The van der Waals surface area contributed by atoms with Crippen molar-refractivity contribution < 1.29 is 22.7 Å². The second-order valence-corrected chi connectivity index (χ2v) is 10.1. The number of hydrogen-bond acceptors (Lipinski definition) is 4. The van der Waals surface area contributed by atoms with Crippen molar-refractivity contribution in [3.05, 3.63) is 94.3 Å². The summed E-state index contributed by atoms with van der Waals surface area (Å²) in [5.74, 6) is 0.328. The lowest BCUT2D eigenvalue weighted by atomic mass is 9.93. The summed E-state index contributed by atoms with van der Waals surface area (Å²) in [6.07, 6.45) is -4.54. The van der Waals surface area contributed by atoms with Gasteiger partial charge in [0.05, 0.1) is 12.5 Å². The van der Waals surface area contributed by atoms with Gasteiger partial charge >= 0.3 is 6.18 Å². The molecule has 5 nitrogen and oxygen atoms in total. The van der Waals surface area contributed by atoms with Crippen LogP contribution in [0.25, 0.3) is 11.1 Å². The average Bonchev–Trinajstić information content (AvgIpc) is 3.61. The molecule has 5 rings (SSSR count). The number of rotatable bonds is 6. The Morgan fingerprint density at radius 2 is 1.66 bits per heavy atom. The molecule has 0 bridgehead atoms. The van der Waals surface area contributed by atoms with E-state index >= 15 is 0 Å². The van der Waals surface area contributed by atoms with E-state index < -0.39 is 17.5 Å². The standard InChI is InChI=1S/C30H30F3N3O2/c1-17-7-5-8-18(2)25(17)23-15-20(11-12-24(23)38-4)27-34-19(3)26(36-27)28(37)35-22-10-6-9-21(16-22)29(13-14-29)30(31,32)33/h5-12,15-16,27,34,36H,13-14H2,1-4H3,(H,35,37). The van der Waals surface area contributed by atoms with Crippen LogP contribution >= 0.6 is 0 Å². The molecule has 3 aromatic carbocycles. The van der Waals surface area contributed by atoms with Crippen LogP contribution in [0.15, 0.2) is 72.1 Å². The van der Waals surface area contributed by atoms with E-state index in [4.69, 9.17) is 4.74 Å². The van der Waals surface area contributed by atoms with Gasteiger partial charge in [-0.2, -0.15) is 13.2 Å². The molecular formula is C30H30F3N3O2. The maximum Gasteiger partial charge on any atom is 0.398 e. The molecule has 0 saturated heterocycles. The Bertz CT molecular complexity index is 1420. The first-order chi connectivity index (χ1) is 18.0. The predicted molar refractivity (Wildman–Crippen MR) is 142 cm³/mol. The van der Waals surface area contributed by atoms with Crippen molar-refractivity contribution in [3.63, 3.8) is 0 Å². The number of aryl methyl sites for hydroxylation is 2. The van der Waals surface area contributed by atoms with Crippen molar-refractivity contribution >= 4 is 11.6 Å². The Kier molecular flexibility index (Phi) is 6.37. The van der Waals surface area contributed by atoms with Crippen LogP contribution < -0.4 is 20.7 Å². The summed E-state index contributed by atoms with van der Waals surface area (Å²) in [6, 6.07) is 18.1. The summed E-state index contributed by atoms with van der Waals surface area (Å²) in [5, 5.41) is 9.32. The van der Waals surface area contributed by atoms with E-state index in [1.807, 2.05) is 24.3 Å². The quantitative estimate of drug-likeness (QED) is 0.341. The first-order valence-corrected chi connectivity index (χ1v) is 12.5. The van der Waals surface area contributed by atoms with Crippen molar-refractivity contribution in [3.8, 4) is 16.9 Å². The third kappa shape index (κ3) is 4.48. The molecule has 1 saturated carbocycles. The van der Waals surface area contributed by atoms with Gasteiger partial charge in [0.1, 0.15) is 17.6 Å². The molecule has 0 spiro atoms. The van der Waals surface area contributed by atoms with Gasteiger partial charge in [0.25, 0.3) is 5.91 Å². The molecule has 0 aromatic heterocycles. The SMILES string of the molecule is COc1ccc(C2NC(C)=C(C(=O)Nc3cccc(C4(C(F)(F)F)CC4)c3)N2)cc1-c1c(C)cccc1C. The van der Waals surface area contributed by atoms with Crippen molar-refractivity contribution in [1.82, 2.24) is 10.6 Å². The van der Waals surface area contributed by atoms with E-state index in [2.05, 4.69) is 41.9 Å². The zero-order valence-corrected chi connectivity index (χ0v) is 21.7. The van der Waals surface area contributed by atoms with E-state index in [1.165, 1.54) is 12.1 Å². The summed E-state index contributed by atoms with van der Waals surface area (Å²) >= 11 is 0. The molecule has 3 aromatic rings. The third-order valence-corrected chi connectivity index (χ3v) is 7.52. The summed E-state index contributed by atoms with van der Waals surface area (Å²) < 4.78 is 46.4. The first-order valence-electron chi connectivity index (χ1n) is 12.5. The van der Waals surface area contributed by atoms with E-state index in [9.17, 15) is 18.0 Å². The number of methoxy groups -OCH3 is 1. The zero-order chi connectivity index (χ0) is 27.2. The Morgan fingerprint density at radius 1 is 0.974 bits per heavy atom. The van der Waals surface area contributed by atoms with Crippen LogP contribution in [0.5, 0.6) is 5.75 Å². The lowest BCUT2D eigenvalue weighted by Gasteiger charge is -2.20. The lowest BCUT2D eigenvalue weighted by Crippen LogP contribution is -2.29. The van der Waals surface area contributed by atoms with Gasteiger partial charge in [0, 0.05) is 16.9 Å². The van der Waals surface area contributed by atoms with Crippen LogP contribution in [0.4, 0.5) is 18.9 Å². The molecule has 1 aliphatic carbocycles. The van der Waals surface area contributed by atoms with E-state index in [0.29, 0.717) is 17.1 Å². The molecule has 38 heavy (non-hydrogen) atoms. The summed E-state index contributed by atoms with van der Waals surface area (Å²) in [6.45, 7) is 5.91. The number of benzene rings is 3. The topological polar surface area (TPSA) is 62.4 Å². The highest BCUT2D eigenvalue weighted by Gasteiger charge is 2.64. The maximum atomic E-state index is 13.6. The molecule has 1 unspecified atom stereocenters. The van der Waals surface area contributed by atoms with Crippen LogP contribution in [0.1, 0.15) is 48.2 Å². The molecule has 3 N–H and O–H groups in total. The van der Waals surface area contributed by atoms with Gasteiger partial charge in [-0.25, -0.2) is 0 Å². The Morgan fingerprint density at radius 3 is 2.29 bits per heavy atom. The van der Waals surface area contributed by atoms with E-state index in [-0.39, 0.29) is 24.6 Å². The van der Waals surface area contributed by atoms with Crippen LogP contribution in [-0.4, -0.2) is 19.2 Å². The average molecular weight is 522 g/mol. The Labute approximate surface area is 220 Å². The van der Waals surface area contributed by atoms with Gasteiger partial charge in [-0.3, -0.25) is 4.79 Å². The van der Waals surface area contributed by atoms with Crippen molar-refractivity contribution in [2.75, 3.05) is 12.4 Å². The van der Waals surface area contributed by atoms with Crippen molar-refractivity contribution in [2.24, 2.45) is 0 Å². The predicted octanol–water partition coefficient (Wildman–Crippen LogP) is 6.63. The minimum atomic E-state index is -4.31. The number of alkyl halides is 3. The van der Waals surface area contributed by atoms with E-state index in [1.54, 1.807) is 26.2 Å². The van der Waals surface area contributed by atoms with Crippen LogP contribution in [0, 0.1) is 13.8 Å². The smallest absolute Gasteiger partial charge is 0.398 e. The monoisotopic (exact) mass is 521 g/mol. The molecule has 1 amide bonds. The van der Waals surface area contributed by atoms with Crippen molar-refractivity contribution in [2.45, 2.75) is 51.4 Å². The second kappa shape index (κ2) is 9.42. The normalized spacial score (nSPS) is 18.0. The number of carbonyl (C=O) groups excluding carboxylic acids is 1. The Hall–Kier alpha value is -3.94. The van der Waals surface area contributed by atoms with Gasteiger partial charge in [-0.1, -0.05) is 36.4 Å². The molecule has 1 heterocycles. The van der Waals surface area contributed by atoms with Gasteiger partial charge < -0.3 is 20.7 Å². The summed E-state index contributed by atoms with van der Waals surface area (Å²) in [5.41, 5.74) is 4.90. The molecule has 1 atom stereocenters. The number of amides is 1. The number of allylic oxidation sites excluding steroid dienone is 1. The van der Waals surface area contributed by atoms with Crippen LogP contribution in [-0.2, 0) is 10.2 Å². The van der Waals surface area contributed by atoms with Gasteiger partial charge in [0.15, 0.2) is 0 Å². The largest absolute Gasteiger partial charge is 0.496 e. The highest BCUT2D eigenvalue weighted by molar-refractivity contribution is 6.04. The fourth-order valence-electron chi connectivity index (χ4n) is 5.27. The van der Waals surface area contributed by atoms with Gasteiger partial charge in [-0.05, 0) is 85.7 Å². The van der Waals surface area contributed by atoms with Gasteiger partial charge in [-0.15, -0.1) is 0 Å². The Balaban J connectivity index is 1.36. The maximum absolute atomic E-state index is 13.6. The fraction of sp³-hybridized carbons (Fsp3) is 0.300. The number of carbonyl (C=O) groups is 1. The minimum Gasteiger partial charge on any atom is -0.496 e. The number of halogens is 3. The van der Waals surface area contributed by atoms with Crippen molar-refractivity contribution in [1.29, 1.82) is 0 Å². The number of ether oxygens (including phenoxy) is 1. The molecule has 2 aliphatic rings. The second-order valence-electron chi connectivity index (χ2n) is 10.1. The lowest BCUT2D eigenvalue weighted by molar-refractivity contribution is -0.160. The van der Waals surface area contributed by atoms with Crippen LogP contribution in [0.2, 0.25) is 0 Å². The molecule has 8 heteroatoms. The summed E-state index contributed by atoms with van der Waals surface area (Å²) in [4.78, 5) is 13.1. The van der Waals surface area contributed by atoms with Gasteiger partial charge in [0.2, 0.25) is 0 Å². The fourth-order valence-corrected chi connectivity index (χ4v) is 5.27. The third-order valence-electron chi connectivity index (χ3n) is 7.52. The number of hydrogen-bond donors (Lipinski definition) is 3. The highest BCUT2D eigenvalue weighted by atomic mass is 19.4. The first kappa shape index (κ1) is 25.7. The molecular weight excluding hydrogens is 491 g/mol. The number of nitrogens with one attached hydrogen (secondary N) is 3. The van der Waals surface area contributed by atoms with E-state index in [0.717, 1.165) is 33.6 Å². The summed E-state index contributed by atoms with van der Waals surface area (Å²) in [7, 11) is 1.64. The number of anilines is 1. The molecule has 1 fully saturated rings. The minimum absolute atomic E-state index is 0.0667. The zero-order valence-electron chi connectivity index (χ0n) is 21.7. The highest BCUT2D eigenvalue weighted by Crippen LogP contribution is 2.59. The molecule has 198 valence electrons. The van der Waals surface area contributed by atoms with Crippen LogP contribution in [0.3, 0.4) is 0 Å².